The fourth-order valence-electron chi connectivity index (χ4n) is 1.72. The van der Waals surface area contributed by atoms with Crippen LogP contribution in [-0.4, -0.2) is 9.38 Å². The van der Waals surface area contributed by atoms with Crippen LogP contribution in [0, 0.1) is 13.8 Å². The van der Waals surface area contributed by atoms with Gasteiger partial charge in [0.2, 0.25) is 0 Å². The van der Waals surface area contributed by atoms with Crippen molar-refractivity contribution < 1.29 is 0 Å². The van der Waals surface area contributed by atoms with E-state index in [-0.39, 0.29) is 6.04 Å². The van der Waals surface area contributed by atoms with E-state index in [0.29, 0.717) is 0 Å². The number of nitrogens with zero attached hydrogens (tertiary/aromatic N) is 2. The van der Waals surface area contributed by atoms with Gasteiger partial charge in [0.1, 0.15) is 5.65 Å². The molecule has 0 aliphatic heterocycles. The normalized spacial score (nSPS) is 13.4. The summed E-state index contributed by atoms with van der Waals surface area (Å²) < 4.78 is 2.08. The summed E-state index contributed by atoms with van der Waals surface area (Å²) in [5, 5.41) is 0. The number of aromatic nitrogens is 2. The summed E-state index contributed by atoms with van der Waals surface area (Å²) in [4.78, 5) is 4.51. The van der Waals surface area contributed by atoms with Crippen molar-refractivity contribution in [2.24, 2.45) is 5.73 Å². The Morgan fingerprint density at radius 2 is 2.14 bits per heavy atom. The van der Waals surface area contributed by atoms with E-state index in [0.717, 1.165) is 17.0 Å². The molecule has 0 aromatic carbocycles. The molecule has 2 heterocycles. The minimum atomic E-state index is -0.00444. The molecule has 2 rings (SSSR count). The maximum atomic E-state index is 5.84. The van der Waals surface area contributed by atoms with Crippen molar-refractivity contribution in [2.75, 3.05) is 0 Å². The average molecular weight is 189 g/mol. The molecule has 1 atom stereocenters. The van der Waals surface area contributed by atoms with Crippen LogP contribution in [0.25, 0.3) is 5.65 Å². The first-order valence-electron chi connectivity index (χ1n) is 4.80. The number of aryl methyl sites for hydroxylation is 2. The van der Waals surface area contributed by atoms with Gasteiger partial charge in [0.05, 0.1) is 5.69 Å². The Balaban J connectivity index is 2.73. The highest BCUT2D eigenvalue weighted by Gasteiger charge is 2.10. The first kappa shape index (κ1) is 9.21. The molecule has 3 nitrogen and oxygen atoms in total. The number of nitrogens with two attached hydrogens (primary N) is 1. The highest BCUT2D eigenvalue weighted by atomic mass is 15.0. The van der Waals surface area contributed by atoms with E-state index in [4.69, 9.17) is 5.73 Å². The fraction of sp³-hybridized carbons (Fsp3) is 0.364. The summed E-state index contributed by atoms with van der Waals surface area (Å²) in [7, 11) is 0. The van der Waals surface area contributed by atoms with E-state index in [1.54, 1.807) is 0 Å². The number of imidazole rings is 1. The number of hydrogen-bond donors (Lipinski definition) is 1. The molecule has 0 bridgehead atoms. The second kappa shape index (κ2) is 3.10. The second-order valence-corrected chi connectivity index (χ2v) is 3.80. The van der Waals surface area contributed by atoms with Gasteiger partial charge >= 0.3 is 0 Å². The van der Waals surface area contributed by atoms with Gasteiger partial charge in [-0.25, -0.2) is 4.98 Å². The Kier molecular flexibility index (Phi) is 2.04. The Morgan fingerprint density at radius 3 is 2.79 bits per heavy atom. The van der Waals surface area contributed by atoms with Gasteiger partial charge in [-0.15, -0.1) is 0 Å². The number of hydrogen-bond acceptors (Lipinski definition) is 2. The zero-order chi connectivity index (χ0) is 10.3. The van der Waals surface area contributed by atoms with Crippen molar-refractivity contribution in [3.8, 4) is 0 Å². The molecule has 0 saturated carbocycles. The summed E-state index contributed by atoms with van der Waals surface area (Å²) in [6.45, 7) is 6.07. The predicted molar refractivity (Wildman–Crippen MR) is 57.3 cm³/mol. The smallest absolute Gasteiger partial charge is 0.137 e. The lowest BCUT2D eigenvalue weighted by atomic mass is 10.2. The molecule has 0 aliphatic rings. The zero-order valence-electron chi connectivity index (χ0n) is 8.78. The largest absolute Gasteiger partial charge is 0.323 e. The first-order valence-corrected chi connectivity index (χ1v) is 4.80. The molecule has 2 aromatic rings. The third-order valence-corrected chi connectivity index (χ3v) is 2.49. The average Bonchev–Trinajstić information content (AvgIpc) is 2.43. The maximum absolute atomic E-state index is 5.84. The van der Waals surface area contributed by atoms with Crippen molar-refractivity contribution in [3.63, 3.8) is 0 Å². The Bertz CT molecular complexity index is 469. The summed E-state index contributed by atoms with van der Waals surface area (Å²) in [5.74, 6) is 0. The second-order valence-electron chi connectivity index (χ2n) is 3.80. The van der Waals surface area contributed by atoms with Gasteiger partial charge in [0.15, 0.2) is 0 Å². The number of pyridine rings is 1. The summed E-state index contributed by atoms with van der Waals surface area (Å²) in [5.41, 5.74) is 10.2. The molecule has 0 amide bonds. The van der Waals surface area contributed by atoms with Crippen molar-refractivity contribution >= 4 is 5.65 Å². The molecule has 0 saturated heterocycles. The van der Waals surface area contributed by atoms with Gasteiger partial charge in [0.25, 0.3) is 0 Å². The number of rotatable bonds is 1. The van der Waals surface area contributed by atoms with E-state index in [2.05, 4.69) is 28.4 Å². The third-order valence-electron chi connectivity index (χ3n) is 2.49. The Labute approximate surface area is 83.6 Å². The Hall–Kier alpha value is -1.35. The third kappa shape index (κ3) is 1.30. The number of fused-ring (bicyclic) bond motifs is 1. The van der Waals surface area contributed by atoms with Gasteiger partial charge in [0, 0.05) is 17.9 Å². The van der Waals surface area contributed by atoms with Gasteiger partial charge < -0.3 is 10.1 Å². The molecule has 74 valence electrons. The first-order chi connectivity index (χ1) is 6.59. The SMILES string of the molecule is Cc1ccn2c(C)c(C(C)N)nc2c1. The van der Waals surface area contributed by atoms with Gasteiger partial charge in [-0.2, -0.15) is 0 Å². The summed E-state index contributed by atoms with van der Waals surface area (Å²) >= 11 is 0. The van der Waals surface area contributed by atoms with Crippen LogP contribution in [0.2, 0.25) is 0 Å². The van der Waals surface area contributed by atoms with E-state index >= 15 is 0 Å². The van der Waals surface area contributed by atoms with Crippen molar-refractivity contribution in [1.29, 1.82) is 0 Å². The minimum absolute atomic E-state index is 0.00444. The highest BCUT2D eigenvalue weighted by Crippen LogP contribution is 2.17. The van der Waals surface area contributed by atoms with Crippen molar-refractivity contribution in [2.45, 2.75) is 26.8 Å². The predicted octanol–water partition coefficient (Wildman–Crippen LogP) is 1.97. The molecule has 2 N–H and O–H groups in total. The molecular weight excluding hydrogens is 174 g/mol. The van der Waals surface area contributed by atoms with Crippen LogP contribution in [0.3, 0.4) is 0 Å². The van der Waals surface area contributed by atoms with Crippen LogP contribution in [0.4, 0.5) is 0 Å². The van der Waals surface area contributed by atoms with Crippen molar-refractivity contribution in [3.05, 3.63) is 35.3 Å². The quantitative estimate of drug-likeness (QED) is 0.745. The standard InChI is InChI=1S/C11H15N3/c1-7-4-5-14-9(3)11(8(2)12)13-10(14)6-7/h4-6,8H,12H2,1-3H3. The van der Waals surface area contributed by atoms with E-state index in [1.165, 1.54) is 5.56 Å². The van der Waals surface area contributed by atoms with Gasteiger partial charge in [-0.1, -0.05) is 0 Å². The van der Waals surface area contributed by atoms with Crippen LogP contribution in [0.15, 0.2) is 18.3 Å². The zero-order valence-corrected chi connectivity index (χ0v) is 8.78. The van der Waals surface area contributed by atoms with E-state index < -0.39 is 0 Å². The Morgan fingerprint density at radius 1 is 1.43 bits per heavy atom. The lowest BCUT2D eigenvalue weighted by molar-refractivity contribution is 0.780. The summed E-state index contributed by atoms with van der Waals surface area (Å²) in [6.07, 6.45) is 2.04. The molecule has 0 spiro atoms. The van der Waals surface area contributed by atoms with E-state index in [9.17, 15) is 0 Å². The van der Waals surface area contributed by atoms with Crippen LogP contribution < -0.4 is 5.73 Å². The molecule has 2 aromatic heterocycles. The van der Waals surface area contributed by atoms with E-state index in [1.807, 2.05) is 20.0 Å². The lowest BCUT2D eigenvalue weighted by Crippen LogP contribution is -2.07. The van der Waals surface area contributed by atoms with Crippen LogP contribution in [-0.2, 0) is 0 Å². The fourth-order valence-corrected chi connectivity index (χ4v) is 1.72. The molecule has 1 unspecified atom stereocenters. The molecule has 14 heavy (non-hydrogen) atoms. The molecule has 0 aliphatic carbocycles. The van der Waals surface area contributed by atoms with Crippen LogP contribution in [0.5, 0.6) is 0 Å². The lowest BCUT2D eigenvalue weighted by Gasteiger charge is -2.01. The monoisotopic (exact) mass is 189 g/mol. The molecule has 0 fully saturated rings. The summed E-state index contributed by atoms with van der Waals surface area (Å²) in [6, 6.07) is 4.14. The highest BCUT2D eigenvalue weighted by molar-refractivity contribution is 5.45. The van der Waals surface area contributed by atoms with Gasteiger partial charge in [-0.05, 0) is 38.5 Å². The van der Waals surface area contributed by atoms with Crippen LogP contribution in [0.1, 0.15) is 29.9 Å². The topological polar surface area (TPSA) is 43.3 Å². The van der Waals surface area contributed by atoms with Crippen LogP contribution >= 0.6 is 0 Å². The maximum Gasteiger partial charge on any atom is 0.137 e. The van der Waals surface area contributed by atoms with Crippen molar-refractivity contribution in [1.82, 2.24) is 9.38 Å². The molecule has 0 radical (unpaired) electrons. The van der Waals surface area contributed by atoms with Gasteiger partial charge in [-0.3, -0.25) is 0 Å². The molecule has 3 heteroatoms. The minimum Gasteiger partial charge on any atom is -0.323 e. The molecular formula is C11H15N3.